The van der Waals surface area contributed by atoms with Crippen LogP contribution in [0.2, 0.25) is 0 Å². The summed E-state index contributed by atoms with van der Waals surface area (Å²) in [6.45, 7) is 2.05. The largest absolute Gasteiger partial charge is 0.263 e. The third-order valence-corrected chi connectivity index (χ3v) is 2.87. The summed E-state index contributed by atoms with van der Waals surface area (Å²) in [4.78, 5) is 8.15. The molecule has 0 aromatic carbocycles. The van der Waals surface area contributed by atoms with Crippen molar-refractivity contribution in [2.45, 2.75) is 19.8 Å². The molecule has 0 amide bonds. The van der Waals surface area contributed by atoms with Crippen LogP contribution in [0.5, 0.6) is 0 Å². The van der Waals surface area contributed by atoms with E-state index in [0.717, 1.165) is 18.7 Å². The van der Waals surface area contributed by atoms with Gasteiger partial charge in [0, 0.05) is 18.0 Å². The van der Waals surface area contributed by atoms with Gasteiger partial charge in [-0.1, -0.05) is 6.92 Å². The first-order valence-corrected chi connectivity index (χ1v) is 5.78. The van der Waals surface area contributed by atoms with Crippen molar-refractivity contribution in [3.05, 3.63) is 23.5 Å². The van der Waals surface area contributed by atoms with Gasteiger partial charge in [0.1, 0.15) is 24.3 Å². The predicted molar refractivity (Wildman–Crippen MR) is 60.5 cm³/mol. The molecule has 0 saturated carbocycles. The molecule has 0 aliphatic heterocycles. The van der Waals surface area contributed by atoms with Gasteiger partial charge in [0.2, 0.25) is 5.13 Å². The second-order valence-corrected chi connectivity index (χ2v) is 4.01. The summed E-state index contributed by atoms with van der Waals surface area (Å²) in [5.74, 6) is 0.753. The van der Waals surface area contributed by atoms with Crippen molar-refractivity contribution in [1.82, 2.24) is 18.9 Å². The number of hydrogen-bond acceptors (Lipinski definition) is 6. The average Bonchev–Trinajstić information content (AvgIpc) is 2.94. The molecule has 0 N–H and O–H groups in total. The lowest BCUT2D eigenvalue weighted by atomic mass is 10.3. The normalized spacial score (nSPS) is 9.82. The third-order valence-electron chi connectivity index (χ3n) is 2.12. The summed E-state index contributed by atoms with van der Waals surface area (Å²) in [5.41, 5.74) is 0.312. The first kappa shape index (κ1) is 11.2. The molecule has 0 bridgehead atoms. The van der Waals surface area contributed by atoms with E-state index in [0.29, 0.717) is 5.13 Å². The molecule has 0 aliphatic carbocycles. The molecule has 0 saturated heterocycles. The molecule has 0 unspecified atom stereocenters. The van der Waals surface area contributed by atoms with Crippen LogP contribution in [0, 0.1) is 22.7 Å². The van der Waals surface area contributed by atoms with Crippen molar-refractivity contribution in [3.63, 3.8) is 0 Å². The van der Waals surface area contributed by atoms with Crippen LogP contribution in [0.1, 0.15) is 30.6 Å². The Bertz CT molecular complexity index is 612. The van der Waals surface area contributed by atoms with Gasteiger partial charge < -0.3 is 0 Å². The molecule has 0 atom stereocenters. The van der Waals surface area contributed by atoms with Crippen molar-refractivity contribution in [2.75, 3.05) is 0 Å². The summed E-state index contributed by atoms with van der Waals surface area (Å²) in [5, 5.41) is 18.3. The predicted octanol–water partition coefficient (Wildman–Crippen LogP) is 1.42. The molecular formula is C10H8N6S. The maximum absolute atomic E-state index is 8.99. The molecule has 17 heavy (non-hydrogen) atoms. The Balaban J connectivity index is 2.43. The maximum atomic E-state index is 8.99. The van der Waals surface area contributed by atoms with Crippen LogP contribution >= 0.6 is 11.5 Å². The van der Waals surface area contributed by atoms with E-state index in [1.807, 2.05) is 19.1 Å². The number of nitriles is 2. The fourth-order valence-electron chi connectivity index (χ4n) is 1.35. The molecule has 84 valence electrons. The summed E-state index contributed by atoms with van der Waals surface area (Å²) in [6.07, 6.45) is 3.19. The van der Waals surface area contributed by atoms with Crippen LogP contribution < -0.4 is 0 Å². The van der Waals surface area contributed by atoms with Gasteiger partial charge in [-0.15, -0.1) is 0 Å². The standard InChI is InChI=1S/C10H8N6S/c1-2-3-9-14-10(17-15-9)16-6-13-7(4-11)8(16)5-12/h6H,2-3H2,1H3. The molecule has 0 fully saturated rings. The lowest BCUT2D eigenvalue weighted by Crippen LogP contribution is -1.96. The molecule has 6 nitrogen and oxygen atoms in total. The van der Waals surface area contributed by atoms with Crippen LogP contribution in [0.15, 0.2) is 6.33 Å². The summed E-state index contributed by atoms with van der Waals surface area (Å²) < 4.78 is 5.68. The highest BCUT2D eigenvalue weighted by molar-refractivity contribution is 7.08. The molecule has 0 aliphatic rings. The van der Waals surface area contributed by atoms with Gasteiger partial charge in [0.05, 0.1) is 0 Å². The van der Waals surface area contributed by atoms with Gasteiger partial charge in [0.25, 0.3) is 0 Å². The van der Waals surface area contributed by atoms with E-state index >= 15 is 0 Å². The van der Waals surface area contributed by atoms with Crippen LogP contribution in [-0.2, 0) is 6.42 Å². The number of nitrogens with zero attached hydrogens (tertiary/aromatic N) is 6. The molecule has 7 heteroatoms. The number of aryl methyl sites for hydroxylation is 1. The molecule has 2 aromatic heterocycles. The van der Waals surface area contributed by atoms with Crippen LogP contribution in [0.25, 0.3) is 5.13 Å². The first-order valence-electron chi connectivity index (χ1n) is 5.00. The minimum atomic E-state index is 0.111. The average molecular weight is 244 g/mol. The van der Waals surface area contributed by atoms with Crippen LogP contribution in [0.4, 0.5) is 0 Å². The fraction of sp³-hybridized carbons (Fsp3) is 0.300. The number of imidazole rings is 1. The minimum absolute atomic E-state index is 0.111. The van der Waals surface area contributed by atoms with Gasteiger partial charge in [-0.25, -0.2) is 9.97 Å². The Labute approximate surface area is 102 Å². The smallest absolute Gasteiger partial charge is 0.215 e. The number of rotatable bonds is 3. The Morgan fingerprint density at radius 3 is 2.88 bits per heavy atom. The second kappa shape index (κ2) is 4.73. The zero-order chi connectivity index (χ0) is 12.3. The van der Waals surface area contributed by atoms with Crippen molar-refractivity contribution in [2.24, 2.45) is 0 Å². The molecule has 2 rings (SSSR count). The Morgan fingerprint density at radius 2 is 2.24 bits per heavy atom. The van der Waals surface area contributed by atoms with Crippen molar-refractivity contribution < 1.29 is 0 Å². The highest BCUT2D eigenvalue weighted by Gasteiger charge is 2.14. The third kappa shape index (κ3) is 2.01. The Morgan fingerprint density at radius 1 is 1.41 bits per heavy atom. The lowest BCUT2D eigenvalue weighted by Gasteiger charge is -1.95. The van der Waals surface area contributed by atoms with Gasteiger partial charge in [-0.05, 0) is 6.42 Å². The van der Waals surface area contributed by atoms with E-state index in [9.17, 15) is 0 Å². The molecule has 2 aromatic rings. The highest BCUT2D eigenvalue weighted by Crippen LogP contribution is 2.16. The molecule has 2 heterocycles. The molecule has 0 radical (unpaired) electrons. The summed E-state index contributed by atoms with van der Waals surface area (Å²) in [6, 6.07) is 3.82. The Hall–Kier alpha value is -2.25. The SMILES string of the molecule is CCCc1nsc(-n2cnc(C#N)c2C#N)n1. The number of aromatic nitrogens is 4. The van der Waals surface area contributed by atoms with Crippen molar-refractivity contribution in [1.29, 1.82) is 10.5 Å². The Kier molecular flexibility index (Phi) is 3.12. The van der Waals surface area contributed by atoms with Crippen molar-refractivity contribution >= 4 is 11.5 Å². The topological polar surface area (TPSA) is 91.2 Å². The zero-order valence-electron chi connectivity index (χ0n) is 9.08. The summed E-state index contributed by atoms with van der Waals surface area (Å²) in [7, 11) is 0. The second-order valence-electron chi connectivity index (χ2n) is 3.28. The van der Waals surface area contributed by atoms with E-state index in [1.54, 1.807) is 0 Å². The fourth-order valence-corrected chi connectivity index (χ4v) is 2.04. The maximum Gasteiger partial charge on any atom is 0.215 e. The highest BCUT2D eigenvalue weighted by atomic mass is 32.1. The lowest BCUT2D eigenvalue weighted by molar-refractivity contribution is 0.851. The van der Waals surface area contributed by atoms with Gasteiger partial charge >= 0.3 is 0 Å². The van der Waals surface area contributed by atoms with Gasteiger partial charge in [0.15, 0.2) is 11.4 Å². The van der Waals surface area contributed by atoms with Crippen LogP contribution in [-0.4, -0.2) is 18.9 Å². The minimum Gasteiger partial charge on any atom is -0.263 e. The quantitative estimate of drug-likeness (QED) is 0.814. The van der Waals surface area contributed by atoms with E-state index in [1.165, 1.54) is 22.4 Å². The van der Waals surface area contributed by atoms with E-state index in [4.69, 9.17) is 10.5 Å². The van der Waals surface area contributed by atoms with Gasteiger partial charge in [-0.2, -0.15) is 14.9 Å². The van der Waals surface area contributed by atoms with E-state index in [2.05, 4.69) is 14.3 Å². The van der Waals surface area contributed by atoms with E-state index < -0.39 is 0 Å². The van der Waals surface area contributed by atoms with E-state index in [-0.39, 0.29) is 11.4 Å². The molecule has 0 spiro atoms. The summed E-state index contributed by atoms with van der Waals surface area (Å²) >= 11 is 1.20. The van der Waals surface area contributed by atoms with Gasteiger partial charge in [-0.3, -0.25) is 4.57 Å². The zero-order valence-corrected chi connectivity index (χ0v) is 9.90. The number of hydrogen-bond donors (Lipinski definition) is 0. The molecular weight excluding hydrogens is 236 g/mol. The van der Waals surface area contributed by atoms with Crippen LogP contribution in [0.3, 0.4) is 0 Å². The first-order chi connectivity index (χ1) is 8.30. The monoisotopic (exact) mass is 244 g/mol. The van der Waals surface area contributed by atoms with Crippen molar-refractivity contribution in [3.8, 4) is 17.3 Å².